The molecule has 106 valence electrons. The van der Waals surface area contributed by atoms with Crippen molar-refractivity contribution in [2.75, 3.05) is 5.43 Å². The van der Waals surface area contributed by atoms with E-state index >= 15 is 0 Å². The number of carbonyl (C=O) groups is 1. The first-order chi connectivity index (χ1) is 9.56. The molecule has 8 nitrogen and oxygen atoms in total. The van der Waals surface area contributed by atoms with Gasteiger partial charge in [0.05, 0.1) is 11.8 Å². The summed E-state index contributed by atoms with van der Waals surface area (Å²) in [7, 11) is 0. The number of rotatable bonds is 5. The molecule has 8 heteroatoms. The van der Waals surface area contributed by atoms with E-state index < -0.39 is 5.91 Å². The van der Waals surface area contributed by atoms with Crippen LogP contribution in [0, 0.1) is 6.92 Å². The molecule has 0 spiro atoms. The van der Waals surface area contributed by atoms with Gasteiger partial charge in [0.1, 0.15) is 11.6 Å². The molecule has 20 heavy (non-hydrogen) atoms. The minimum absolute atomic E-state index is 0.322. The number of anilines is 1. The molecule has 2 aromatic rings. The Kier molecular flexibility index (Phi) is 3.94. The third-order valence-electron chi connectivity index (χ3n) is 2.86. The smallest absolute Gasteiger partial charge is 0.251 e. The molecule has 0 aliphatic heterocycles. The topological polar surface area (TPSA) is 125 Å². The highest BCUT2D eigenvalue weighted by atomic mass is 16.1. The van der Waals surface area contributed by atoms with E-state index in [1.165, 1.54) is 17.1 Å². The van der Waals surface area contributed by atoms with Gasteiger partial charge in [-0.2, -0.15) is 5.10 Å². The SMILES string of the molecule is CCCc1nc(NN)c(C)c(-n2cc(C(N)=O)cn2)n1. The molecule has 0 bridgehead atoms. The molecule has 0 saturated carbocycles. The number of aryl methyl sites for hydroxylation is 1. The fraction of sp³-hybridized carbons (Fsp3) is 0.333. The zero-order chi connectivity index (χ0) is 14.7. The van der Waals surface area contributed by atoms with Crippen LogP contribution in [0.1, 0.15) is 35.1 Å². The third-order valence-corrected chi connectivity index (χ3v) is 2.86. The Morgan fingerprint density at radius 3 is 2.75 bits per heavy atom. The van der Waals surface area contributed by atoms with E-state index in [1.807, 2.05) is 13.8 Å². The molecule has 0 aliphatic carbocycles. The lowest BCUT2D eigenvalue weighted by atomic mass is 10.2. The normalized spacial score (nSPS) is 10.6. The van der Waals surface area contributed by atoms with E-state index in [0.29, 0.717) is 23.0 Å². The van der Waals surface area contributed by atoms with Gasteiger partial charge in [0, 0.05) is 18.2 Å². The third kappa shape index (κ3) is 2.59. The van der Waals surface area contributed by atoms with Crippen molar-refractivity contribution >= 4 is 11.7 Å². The van der Waals surface area contributed by atoms with E-state index in [1.54, 1.807) is 0 Å². The first-order valence-electron chi connectivity index (χ1n) is 6.25. The van der Waals surface area contributed by atoms with Crippen LogP contribution >= 0.6 is 0 Å². The summed E-state index contributed by atoms with van der Waals surface area (Å²) in [5, 5.41) is 4.10. The number of hydrogen-bond donors (Lipinski definition) is 3. The molecule has 0 unspecified atom stereocenters. The van der Waals surface area contributed by atoms with E-state index in [-0.39, 0.29) is 0 Å². The highest BCUT2D eigenvalue weighted by Crippen LogP contribution is 2.18. The van der Waals surface area contributed by atoms with Crippen molar-refractivity contribution in [1.29, 1.82) is 0 Å². The zero-order valence-corrected chi connectivity index (χ0v) is 11.4. The maximum atomic E-state index is 11.1. The zero-order valence-electron chi connectivity index (χ0n) is 11.4. The Hall–Kier alpha value is -2.48. The molecule has 1 amide bonds. The fourth-order valence-electron chi connectivity index (χ4n) is 1.81. The van der Waals surface area contributed by atoms with Crippen LogP contribution in [0.3, 0.4) is 0 Å². The number of hydrazine groups is 1. The van der Waals surface area contributed by atoms with E-state index in [9.17, 15) is 4.79 Å². The molecule has 0 fully saturated rings. The summed E-state index contributed by atoms with van der Waals surface area (Å²) >= 11 is 0. The number of nitrogens with one attached hydrogen (secondary N) is 1. The van der Waals surface area contributed by atoms with Gasteiger partial charge < -0.3 is 11.2 Å². The molecule has 2 rings (SSSR count). The summed E-state index contributed by atoms with van der Waals surface area (Å²) < 4.78 is 1.50. The van der Waals surface area contributed by atoms with Crippen LogP contribution in [0.4, 0.5) is 5.82 Å². The Balaban J connectivity index is 2.52. The molecule has 0 aliphatic rings. The molecule has 0 aromatic carbocycles. The van der Waals surface area contributed by atoms with Gasteiger partial charge in [-0.25, -0.2) is 20.5 Å². The first-order valence-corrected chi connectivity index (χ1v) is 6.25. The fourth-order valence-corrected chi connectivity index (χ4v) is 1.81. The highest BCUT2D eigenvalue weighted by molar-refractivity contribution is 5.92. The van der Waals surface area contributed by atoms with Crippen molar-refractivity contribution < 1.29 is 4.79 Å². The molecule has 2 aromatic heterocycles. The molecule has 0 radical (unpaired) electrons. The van der Waals surface area contributed by atoms with E-state index in [0.717, 1.165) is 18.4 Å². The van der Waals surface area contributed by atoms with Gasteiger partial charge in [-0.1, -0.05) is 6.92 Å². The summed E-state index contributed by atoms with van der Waals surface area (Å²) in [5.74, 6) is 6.71. The van der Waals surface area contributed by atoms with Gasteiger partial charge in [0.15, 0.2) is 5.82 Å². The van der Waals surface area contributed by atoms with Crippen molar-refractivity contribution in [2.45, 2.75) is 26.7 Å². The number of amides is 1. The van der Waals surface area contributed by atoms with Crippen molar-refractivity contribution in [1.82, 2.24) is 19.7 Å². The van der Waals surface area contributed by atoms with Gasteiger partial charge in [0.2, 0.25) is 0 Å². The summed E-state index contributed by atoms with van der Waals surface area (Å²) in [5.41, 5.74) is 8.83. The Bertz CT molecular complexity index is 635. The molecule has 0 saturated heterocycles. The van der Waals surface area contributed by atoms with E-state index in [2.05, 4.69) is 20.5 Å². The predicted molar refractivity (Wildman–Crippen MR) is 74.2 cm³/mol. The highest BCUT2D eigenvalue weighted by Gasteiger charge is 2.14. The largest absolute Gasteiger partial charge is 0.366 e. The van der Waals surface area contributed by atoms with Crippen LogP contribution in [0.15, 0.2) is 12.4 Å². The van der Waals surface area contributed by atoms with Gasteiger partial charge in [0.25, 0.3) is 5.91 Å². The molecular weight excluding hydrogens is 258 g/mol. The maximum Gasteiger partial charge on any atom is 0.251 e. The first kappa shape index (κ1) is 13.9. The molecule has 2 heterocycles. The van der Waals surface area contributed by atoms with Crippen LogP contribution in [0.25, 0.3) is 5.82 Å². The Morgan fingerprint density at radius 2 is 2.20 bits per heavy atom. The molecular formula is C12H17N7O. The minimum Gasteiger partial charge on any atom is -0.366 e. The Morgan fingerprint density at radius 1 is 1.45 bits per heavy atom. The number of hydrogen-bond acceptors (Lipinski definition) is 6. The second-order valence-corrected chi connectivity index (χ2v) is 4.37. The lowest BCUT2D eigenvalue weighted by Gasteiger charge is -2.11. The summed E-state index contributed by atoms with van der Waals surface area (Å²) in [6.07, 6.45) is 4.58. The van der Waals surface area contributed by atoms with Crippen molar-refractivity contribution in [3.63, 3.8) is 0 Å². The van der Waals surface area contributed by atoms with Crippen molar-refractivity contribution in [2.24, 2.45) is 11.6 Å². The Labute approximate surface area is 116 Å². The number of nitrogen functional groups attached to an aromatic ring is 1. The minimum atomic E-state index is -0.533. The number of carbonyl (C=O) groups excluding carboxylic acids is 1. The monoisotopic (exact) mass is 275 g/mol. The van der Waals surface area contributed by atoms with Crippen LogP contribution in [-0.2, 0) is 6.42 Å². The average Bonchev–Trinajstić information content (AvgIpc) is 2.90. The number of primary amides is 1. The second-order valence-electron chi connectivity index (χ2n) is 4.37. The summed E-state index contributed by atoms with van der Waals surface area (Å²) in [6.45, 7) is 3.86. The maximum absolute atomic E-state index is 11.1. The van der Waals surface area contributed by atoms with Crippen LogP contribution in [0.2, 0.25) is 0 Å². The van der Waals surface area contributed by atoms with Gasteiger partial charge in [-0.3, -0.25) is 4.79 Å². The summed E-state index contributed by atoms with van der Waals surface area (Å²) in [6, 6.07) is 0. The number of nitrogens with two attached hydrogens (primary N) is 2. The average molecular weight is 275 g/mol. The molecule has 5 N–H and O–H groups in total. The standard InChI is InChI=1S/C12H17N7O/c1-3-4-9-16-11(18-14)7(2)12(17-9)19-6-8(5-15-19)10(13)20/h5-6H,3-4,14H2,1-2H3,(H2,13,20)(H,16,17,18). The van der Waals surface area contributed by atoms with Crippen molar-refractivity contribution in [3.8, 4) is 5.82 Å². The quantitative estimate of drug-likeness (QED) is 0.532. The van der Waals surface area contributed by atoms with Crippen LogP contribution in [-0.4, -0.2) is 25.7 Å². The van der Waals surface area contributed by atoms with Gasteiger partial charge in [-0.05, 0) is 13.3 Å². The van der Waals surface area contributed by atoms with E-state index in [4.69, 9.17) is 11.6 Å². The summed E-state index contributed by atoms with van der Waals surface area (Å²) in [4.78, 5) is 19.9. The number of nitrogens with zero attached hydrogens (tertiary/aromatic N) is 4. The van der Waals surface area contributed by atoms with Gasteiger partial charge >= 0.3 is 0 Å². The predicted octanol–water partition coefficient (Wildman–Crippen LogP) is 0.308. The van der Waals surface area contributed by atoms with Gasteiger partial charge in [-0.15, -0.1) is 0 Å². The lowest BCUT2D eigenvalue weighted by molar-refractivity contribution is 0.100. The van der Waals surface area contributed by atoms with Crippen LogP contribution < -0.4 is 17.0 Å². The lowest BCUT2D eigenvalue weighted by Crippen LogP contribution is -2.15. The van der Waals surface area contributed by atoms with Crippen LogP contribution in [0.5, 0.6) is 0 Å². The second kappa shape index (κ2) is 5.66. The van der Waals surface area contributed by atoms with Crippen molar-refractivity contribution in [3.05, 3.63) is 29.3 Å². The molecule has 0 atom stereocenters. The number of aromatic nitrogens is 4.